The molecule has 0 aliphatic carbocycles. The van der Waals surface area contributed by atoms with E-state index in [9.17, 15) is 0 Å². The Balaban J connectivity index is 0.943. The summed E-state index contributed by atoms with van der Waals surface area (Å²) in [5.41, 5.74) is 24.7. The number of nitrogens with zero attached hydrogens (tertiary/aromatic N) is 8. The van der Waals surface area contributed by atoms with Crippen molar-refractivity contribution in [2.45, 2.75) is 105 Å². The summed E-state index contributed by atoms with van der Waals surface area (Å²) in [6.45, 7) is 27.0. The number of anilines is 12. The summed E-state index contributed by atoms with van der Waals surface area (Å²) < 4.78 is 0. The second kappa shape index (κ2) is 27.8. The highest BCUT2D eigenvalue weighted by Crippen LogP contribution is 2.45. The fourth-order valence-electron chi connectivity index (χ4n) is 13.3. The average Bonchev–Trinajstić information content (AvgIpc) is 0.762. The largest absolute Gasteiger partial charge is 0.311 e. The fourth-order valence-corrected chi connectivity index (χ4v) is 13.3. The van der Waals surface area contributed by atoms with Crippen LogP contribution < -0.4 is 19.6 Å². The third-order valence-electron chi connectivity index (χ3n) is 19.1. The van der Waals surface area contributed by atoms with Gasteiger partial charge in [-0.2, -0.15) is 0 Å². The Morgan fingerprint density at radius 2 is 0.304 bits per heavy atom. The third-order valence-corrected chi connectivity index (χ3v) is 19.1. The van der Waals surface area contributed by atoms with E-state index in [4.69, 9.17) is 19.9 Å². The minimum absolute atomic E-state index is 0.00881. The molecule has 504 valence electrons. The Kier molecular flexibility index (Phi) is 18.4. The number of hydrogen-bond acceptors (Lipinski definition) is 8. The standard InChI is InChI=1S/C94H88N8/c1-91(2,3)69-41-57-81(58-42-69)99(73-25-17-13-18-26-73)77-49-33-65(34-50-77)85-86(66-35-51-78(52-36-66)100(74-27-19-14-20-28-74)82-59-43-70(44-60-82)92(4,5)6)96-90-89(95-85)97-87(67-37-53-79(54-38-67)101(75-29-21-15-22-30-75)83-61-45-71(46-62-83)93(7,8)9)88(98-90)68-39-55-80(56-40-68)102(76-31-23-16-24-32-76)84-63-47-72(48-64-84)94(10,11)12/h13-64H,1-12H3. The maximum absolute atomic E-state index is 5.65. The van der Waals surface area contributed by atoms with E-state index < -0.39 is 0 Å². The van der Waals surface area contributed by atoms with Gasteiger partial charge in [-0.15, -0.1) is 0 Å². The van der Waals surface area contributed by atoms with Crippen molar-refractivity contribution in [3.63, 3.8) is 0 Å². The Morgan fingerprint density at radius 1 is 0.167 bits per heavy atom. The van der Waals surface area contributed by atoms with Crippen LogP contribution >= 0.6 is 0 Å². The van der Waals surface area contributed by atoms with Crippen LogP contribution in [-0.4, -0.2) is 19.9 Å². The Morgan fingerprint density at radius 3 is 0.451 bits per heavy atom. The molecular weight excluding hydrogens is 1240 g/mol. The molecule has 0 saturated carbocycles. The highest BCUT2D eigenvalue weighted by molar-refractivity contribution is 5.91. The molecule has 0 amide bonds. The number of benzene rings is 12. The predicted octanol–water partition coefficient (Wildman–Crippen LogP) is 26.2. The number of para-hydroxylation sites is 4. The van der Waals surface area contributed by atoms with Crippen LogP contribution in [0.2, 0.25) is 0 Å². The molecule has 0 unspecified atom stereocenters. The van der Waals surface area contributed by atoms with Gasteiger partial charge in [-0.25, -0.2) is 19.9 Å². The monoisotopic (exact) mass is 1330 g/mol. The van der Waals surface area contributed by atoms with E-state index in [-0.39, 0.29) is 21.7 Å². The molecular formula is C94H88N8. The van der Waals surface area contributed by atoms with Crippen molar-refractivity contribution in [2.24, 2.45) is 0 Å². The summed E-state index contributed by atoms with van der Waals surface area (Å²) in [6, 6.07) is 113. The molecule has 8 nitrogen and oxygen atoms in total. The Bertz CT molecular complexity index is 4500. The van der Waals surface area contributed by atoms with Gasteiger partial charge in [0, 0.05) is 90.5 Å². The van der Waals surface area contributed by atoms with Gasteiger partial charge in [-0.05, 0) is 190 Å². The van der Waals surface area contributed by atoms with Crippen molar-refractivity contribution in [3.8, 4) is 45.0 Å². The van der Waals surface area contributed by atoms with Gasteiger partial charge in [0.15, 0.2) is 11.3 Å². The minimum atomic E-state index is 0.00881. The highest BCUT2D eigenvalue weighted by Gasteiger charge is 2.26. The molecule has 0 saturated heterocycles. The highest BCUT2D eigenvalue weighted by atomic mass is 15.2. The number of hydrogen-bond donors (Lipinski definition) is 0. The van der Waals surface area contributed by atoms with Crippen molar-refractivity contribution in [1.82, 2.24) is 19.9 Å². The Labute approximate surface area is 603 Å². The zero-order valence-corrected chi connectivity index (χ0v) is 60.6. The first-order valence-corrected chi connectivity index (χ1v) is 35.4. The van der Waals surface area contributed by atoms with E-state index >= 15 is 0 Å². The van der Waals surface area contributed by atoms with Crippen molar-refractivity contribution < 1.29 is 0 Å². The second-order valence-corrected chi connectivity index (χ2v) is 30.5. The van der Waals surface area contributed by atoms with Crippen LogP contribution in [0.15, 0.2) is 315 Å². The van der Waals surface area contributed by atoms with E-state index in [1.165, 1.54) is 22.3 Å². The van der Waals surface area contributed by atoms with Crippen LogP contribution in [0.1, 0.15) is 105 Å². The lowest BCUT2D eigenvalue weighted by Gasteiger charge is -2.27. The first kappa shape index (κ1) is 67.4. The number of rotatable bonds is 16. The lowest BCUT2D eigenvalue weighted by Crippen LogP contribution is -2.13. The van der Waals surface area contributed by atoms with Crippen molar-refractivity contribution in [2.75, 3.05) is 19.6 Å². The zero-order chi connectivity index (χ0) is 70.9. The molecule has 2 aromatic heterocycles. The summed E-state index contributed by atoms with van der Waals surface area (Å²) in [5.74, 6) is 0. The zero-order valence-electron chi connectivity index (χ0n) is 60.6. The van der Waals surface area contributed by atoms with Gasteiger partial charge in [0.2, 0.25) is 0 Å². The normalized spacial score (nSPS) is 11.9. The smallest absolute Gasteiger partial charge is 0.199 e. The molecule has 14 aromatic rings. The van der Waals surface area contributed by atoms with Crippen LogP contribution in [0.3, 0.4) is 0 Å². The summed E-state index contributed by atoms with van der Waals surface area (Å²) in [5, 5.41) is 0. The predicted molar refractivity (Wildman–Crippen MR) is 430 cm³/mol. The molecule has 0 spiro atoms. The molecule has 0 N–H and O–H groups in total. The SMILES string of the molecule is CC(C)(C)c1ccc(N(c2ccccc2)c2ccc(-c3nc4nc(-c5ccc(N(c6ccccc6)c6ccc(C(C)(C)C)cc6)cc5)c(-c5ccc(N(c6ccccc6)c6ccc(C(C)(C)C)cc6)cc5)nc4nc3-c3ccc(N(c4ccccc4)c4ccc(C(C)(C)C)cc4)cc3)cc2)cc1. The van der Waals surface area contributed by atoms with E-state index in [0.717, 1.165) is 90.5 Å². The summed E-state index contributed by atoms with van der Waals surface area (Å²) in [7, 11) is 0. The summed E-state index contributed by atoms with van der Waals surface area (Å²) >= 11 is 0. The lowest BCUT2D eigenvalue weighted by atomic mass is 9.87. The molecule has 0 aliphatic heterocycles. The van der Waals surface area contributed by atoms with Crippen molar-refractivity contribution >= 4 is 79.5 Å². The van der Waals surface area contributed by atoms with Gasteiger partial charge >= 0.3 is 0 Å². The second-order valence-electron chi connectivity index (χ2n) is 30.5. The number of fused-ring (bicyclic) bond motifs is 1. The van der Waals surface area contributed by atoms with Crippen LogP contribution in [0.25, 0.3) is 56.3 Å². The molecule has 14 rings (SSSR count). The van der Waals surface area contributed by atoms with Gasteiger partial charge in [0.1, 0.15) is 0 Å². The molecule has 0 aliphatic rings. The molecule has 0 fully saturated rings. The van der Waals surface area contributed by atoms with Gasteiger partial charge in [0.05, 0.1) is 22.8 Å². The van der Waals surface area contributed by atoms with E-state index in [0.29, 0.717) is 34.1 Å². The molecule has 12 aromatic carbocycles. The van der Waals surface area contributed by atoms with Gasteiger partial charge < -0.3 is 19.6 Å². The minimum Gasteiger partial charge on any atom is -0.311 e. The molecule has 0 atom stereocenters. The maximum Gasteiger partial charge on any atom is 0.199 e. The average molecular weight is 1330 g/mol. The number of aromatic nitrogens is 4. The molecule has 102 heavy (non-hydrogen) atoms. The quantitative estimate of drug-likeness (QED) is 0.0948. The fraction of sp³-hybridized carbons (Fsp3) is 0.170. The van der Waals surface area contributed by atoms with Crippen LogP contribution in [0.5, 0.6) is 0 Å². The summed E-state index contributed by atoms with van der Waals surface area (Å²) in [4.78, 5) is 31.8. The van der Waals surface area contributed by atoms with Crippen LogP contribution in [0.4, 0.5) is 68.2 Å². The molecule has 8 heteroatoms. The topological polar surface area (TPSA) is 64.5 Å². The maximum atomic E-state index is 5.65. The van der Waals surface area contributed by atoms with Crippen LogP contribution in [-0.2, 0) is 21.7 Å². The van der Waals surface area contributed by atoms with Gasteiger partial charge in [0.25, 0.3) is 0 Å². The third kappa shape index (κ3) is 14.4. The lowest BCUT2D eigenvalue weighted by molar-refractivity contribution is 0.590. The molecule has 2 heterocycles. The first-order chi connectivity index (χ1) is 49.1. The van der Waals surface area contributed by atoms with Crippen molar-refractivity contribution in [3.05, 3.63) is 338 Å². The van der Waals surface area contributed by atoms with Gasteiger partial charge in [-0.3, -0.25) is 0 Å². The first-order valence-electron chi connectivity index (χ1n) is 35.4. The van der Waals surface area contributed by atoms with Crippen LogP contribution in [0, 0.1) is 0 Å². The van der Waals surface area contributed by atoms with E-state index in [1.54, 1.807) is 0 Å². The molecule has 0 bridgehead atoms. The van der Waals surface area contributed by atoms with E-state index in [1.807, 2.05) is 0 Å². The summed E-state index contributed by atoms with van der Waals surface area (Å²) in [6.07, 6.45) is 0. The Hall–Kier alpha value is -11.7. The van der Waals surface area contributed by atoms with E-state index in [2.05, 4.69) is 418 Å². The molecule has 0 radical (unpaired) electrons. The van der Waals surface area contributed by atoms with Crippen molar-refractivity contribution in [1.29, 1.82) is 0 Å². The van der Waals surface area contributed by atoms with Gasteiger partial charge in [-0.1, -0.05) is 253 Å².